The molecule has 2 N–H and O–H groups in total. The summed E-state index contributed by atoms with van der Waals surface area (Å²) in [6, 6.07) is 0. The van der Waals surface area contributed by atoms with Gasteiger partial charge in [0.05, 0.1) is 11.7 Å². The minimum absolute atomic E-state index is 0.00736. The highest BCUT2D eigenvalue weighted by molar-refractivity contribution is 5.87. The van der Waals surface area contributed by atoms with Crippen LogP contribution < -0.4 is 0 Å². The molecule has 0 heterocycles. The van der Waals surface area contributed by atoms with E-state index in [9.17, 15) is 19.8 Å². The van der Waals surface area contributed by atoms with Crippen molar-refractivity contribution in [3.63, 3.8) is 0 Å². The largest absolute Gasteiger partial charge is 0.393 e. The summed E-state index contributed by atoms with van der Waals surface area (Å²) in [5.74, 6) is 0.791. The number of hydrogen-bond donors (Lipinski definition) is 2. The Morgan fingerprint density at radius 2 is 1.92 bits per heavy atom. The lowest BCUT2D eigenvalue weighted by molar-refractivity contribution is -0.191. The minimum atomic E-state index is -0.922. The third-order valence-corrected chi connectivity index (χ3v) is 8.28. The first-order chi connectivity index (χ1) is 11.3. The highest BCUT2D eigenvalue weighted by atomic mass is 16.3. The minimum Gasteiger partial charge on any atom is -0.393 e. The maximum atomic E-state index is 13.2. The molecule has 4 saturated carbocycles. The van der Waals surface area contributed by atoms with E-state index in [2.05, 4.69) is 6.92 Å². The van der Waals surface area contributed by atoms with Gasteiger partial charge in [-0.15, -0.1) is 0 Å². The van der Waals surface area contributed by atoms with Crippen LogP contribution in [0.3, 0.4) is 0 Å². The molecule has 0 saturated heterocycles. The number of rotatable bonds is 1. The van der Waals surface area contributed by atoms with Crippen molar-refractivity contribution >= 4 is 11.6 Å². The van der Waals surface area contributed by atoms with Crippen molar-refractivity contribution in [2.24, 2.45) is 35.0 Å². The lowest BCUT2D eigenvalue weighted by Crippen LogP contribution is -2.62. The molecule has 24 heavy (non-hydrogen) atoms. The number of aliphatic hydroxyl groups excluding tert-OH is 1. The van der Waals surface area contributed by atoms with Gasteiger partial charge in [-0.1, -0.05) is 6.92 Å². The fourth-order valence-corrected chi connectivity index (χ4v) is 7.29. The SMILES string of the molecule is CC(=O)[C@H]1CC[C@H]2[C@@H]3CC[C@@H]4C[C@H](O)CC[C@]4(O)[C@H]3C(=O)C[C@]12C. The lowest BCUT2D eigenvalue weighted by Gasteiger charge is -2.58. The van der Waals surface area contributed by atoms with Crippen molar-refractivity contribution in [2.75, 3.05) is 0 Å². The smallest absolute Gasteiger partial charge is 0.139 e. The van der Waals surface area contributed by atoms with Crippen LogP contribution in [0.1, 0.15) is 65.2 Å². The predicted octanol–water partition coefficient (Wildman–Crippen LogP) is 2.50. The van der Waals surface area contributed by atoms with Gasteiger partial charge in [-0.3, -0.25) is 9.59 Å². The lowest BCUT2D eigenvalue weighted by atomic mass is 9.47. The summed E-state index contributed by atoms with van der Waals surface area (Å²) in [7, 11) is 0. The van der Waals surface area contributed by atoms with Crippen molar-refractivity contribution in [3.05, 3.63) is 0 Å². The van der Waals surface area contributed by atoms with Crippen molar-refractivity contribution in [1.82, 2.24) is 0 Å². The Hall–Kier alpha value is -0.740. The Bertz CT molecular complexity index is 572. The molecule has 0 unspecified atom stereocenters. The van der Waals surface area contributed by atoms with E-state index in [1.807, 2.05) is 0 Å². The summed E-state index contributed by atoms with van der Waals surface area (Å²) in [6.07, 6.45) is 5.66. The maximum Gasteiger partial charge on any atom is 0.139 e. The van der Waals surface area contributed by atoms with Crippen molar-refractivity contribution in [1.29, 1.82) is 0 Å². The molecular weight excluding hydrogens is 304 g/mol. The van der Waals surface area contributed by atoms with E-state index in [-0.39, 0.29) is 46.8 Å². The third-order valence-electron chi connectivity index (χ3n) is 8.28. The van der Waals surface area contributed by atoms with Crippen LogP contribution in [0.5, 0.6) is 0 Å². The first kappa shape index (κ1) is 16.7. The van der Waals surface area contributed by atoms with Gasteiger partial charge in [-0.05, 0) is 75.0 Å². The molecule has 4 rings (SSSR count). The number of Topliss-reactive ketones (excluding diaryl/α,β-unsaturated/α-hetero) is 2. The topological polar surface area (TPSA) is 74.6 Å². The zero-order valence-corrected chi connectivity index (χ0v) is 14.8. The average molecular weight is 334 g/mol. The summed E-state index contributed by atoms with van der Waals surface area (Å²) in [4.78, 5) is 25.3. The molecule has 0 spiro atoms. The van der Waals surface area contributed by atoms with Crippen LogP contribution in [-0.2, 0) is 9.59 Å². The fourth-order valence-electron chi connectivity index (χ4n) is 7.29. The van der Waals surface area contributed by atoms with Crippen LogP contribution in [0, 0.1) is 35.0 Å². The van der Waals surface area contributed by atoms with E-state index in [0.29, 0.717) is 31.6 Å². The van der Waals surface area contributed by atoms with Gasteiger partial charge in [0, 0.05) is 18.3 Å². The highest BCUT2D eigenvalue weighted by Crippen LogP contribution is 2.64. The molecule has 0 aliphatic heterocycles. The zero-order valence-electron chi connectivity index (χ0n) is 14.8. The van der Waals surface area contributed by atoms with Gasteiger partial charge >= 0.3 is 0 Å². The molecule has 4 aliphatic rings. The van der Waals surface area contributed by atoms with Crippen LogP contribution in [0.25, 0.3) is 0 Å². The summed E-state index contributed by atoms with van der Waals surface area (Å²) >= 11 is 0. The number of carbonyl (C=O) groups is 2. The van der Waals surface area contributed by atoms with Crippen molar-refractivity contribution < 1.29 is 19.8 Å². The van der Waals surface area contributed by atoms with E-state index in [1.54, 1.807) is 6.92 Å². The maximum absolute atomic E-state index is 13.2. The monoisotopic (exact) mass is 334 g/mol. The van der Waals surface area contributed by atoms with Crippen LogP contribution >= 0.6 is 0 Å². The normalized spacial score (nSPS) is 53.9. The Labute approximate surface area is 144 Å². The van der Waals surface area contributed by atoms with E-state index < -0.39 is 5.60 Å². The molecule has 134 valence electrons. The second-order valence-corrected chi connectivity index (χ2v) is 9.33. The van der Waals surface area contributed by atoms with Gasteiger partial charge in [-0.25, -0.2) is 0 Å². The molecule has 0 bridgehead atoms. The number of carbonyl (C=O) groups excluding carboxylic acids is 2. The van der Waals surface area contributed by atoms with E-state index in [1.165, 1.54) is 0 Å². The van der Waals surface area contributed by atoms with Crippen LogP contribution in [-0.4, -0.2) is 33.5 Å². The molecule has 0 radical (unpaired) electrons. The van der Waals surface area contributed by atoms with E-state index in [4.69, 9.17) is 0 Å². The third kappa shape index (κ3) is 2.11. The van der Waals surface area contributed by atoms with Crippen LogP contribution in [0.2, 0.25) is 0 Å². The van der Waals surface area contributed by atoms with Gasteiger partial charge < -0.3 is 10.2 Å². The Morgan fingerprint density at radius 3 is 2.62 bits per heavy atom. The van der Waals surface area contributed by atoms with Gasteiger partial charge in [0.15, 0.2) is 0 Å². The van der Waals surface area contributed by atoms with Crippen molar-refractivity contribution in [3.8, 4) is 0 Å². The number of aliphatic hydroxyl groups is 2. The number of ketones is 2. The number of hydrogen-bond acceptors (Lipinski definition) is 4. The quantitative estimate of drug-likeness (QED) is 0.772. The first-order valence-electron chi connectivity index (χ1n) is 9.71. The molecule has 0 aromatic heterocycles. The van der Waals surface area contributed by atoms with Crippen LogP contribution in [0.15, 0.2) is 0 Å². The molecule has 0 aromatic rings. The second-order valence-electron chi connectivity index (χ2n) is 9.33. The van der Waals surface area contributed by atoms with Crippen LogP contribution in [0.4, 0.5) is 0 Å². The summed E-state index contributed by atoms with van der Waals surface area (Å²) < 4.78 is 0. The summed E-state index contributed by atoms with van der Waals surface area (Å²) in [6.45, 7) is 3.81. The van der Waals surface area contributed by atoms with Gasteiger partial charge in [0.25, 0.3) is 0 Å². The molecule has 4 nitrogen and oxygen atoms in total. The van der Waals surface area contributed by atoms with Gasteiger partial charge in [0.2, 0.25) is 0 Å². The van der Waals surface area contributed by atoms with E-state index in [0.717, 1.165) is 25.7 Å². The summed E-state index contributed by atoms with van der Waals surface area (Å²) in [5, 5.41) is 21.4. The molecule has 4 fully saturated rings. The average Bonchev–Trinajstić information content (AvgIpc) is 2.84. The van der Waals surface area contributed by atoms with E-state index >= 15 is 0 Å². The Kier molecular flexibility index (Phi) is 3.74. The highest BCUT2D eigenvalue weighted by Gasteiger charge is 2.64. The van der Waals surface area contributed by atoms with Crippen molar-refractivity contribution in [2.45, 2.75) is 76.9 Å². The van der Waals surface area contributed by atoms with Gasteiger partial charge in [0.1, 0.15) is 11.6 Å². The molecule has 4 aliphatic carbocycles. The summed E-state index contributed by atoms with van der Waals surface area (Å²) in [5.41, 5.74) is -1.13. The standard InChI is InChI=1S/C20H30O4/c1-11(21)15-5-6-16-14-4-3-12-9-13(22)7-8-20(12,24)18(14)17(23)10-19(15,16)2/h12-16,18,22,24H,3-10H2,1-2H3/t12-,13-,14+,15-,16+,18-,19-,20-/m1/s1. The first-order valence-corrected chi connectivity index (χ1v) is 9.71. The van der Waals surface area contributed by atoms with Gasteiger partial charge in [-0.2, -0.15) is 0 Å². The Balaban J connectivity index is 1.68. The molecule has 8 atom stereocenters. The zero-order chi connectivity index (χ0) is 17.3. The Morgan fingerprint density at radius 1 is 1.17 bits per heavy atom. The fraction of sp³-hybridized carbons (Fsp3) is 0.900. The molecule has 4 heteroatoms. The molecule has 0 aromatic carbocycles. The molecule has 0 amide bonds. The molecular formula is C20H30O4. The predicted molar refractivity (Wildman–Crippen MR) is 89.1 cm³/mol. The second kappa shape index (κ2) is 5.38. The number of fused-ring (bicyclic) bond motifs is 5.